The molecule has 1 fully saturated rings. The average molecular weight is 519 g/mol. The average Bonchev–Trinajstić information content (AvgIpc) is 2.84. The summed E-state index contributed by atoms with van der Waals surface area (Å²) in [6, 6.07) is 17.7. The second-order valence-electron chi connectivity index (χ2n) is 8.73. The van der Waals surface area contributed by atoms with Crippen LogP contribution in [0.5, 0.6) is 0 Å². The Morgan fingerprint density at radius 1 is 1.00 bits per heavy atom. The summed E-state index contributed by atoms with van der Waals surface area (Å²) in [5, 5.41) is 4.11. The summed E-state index contributed by atoms with van der Waals surface area (Å²) in [5.41, 5.74) is 4.81. The first kappa shape index (κ1) is 22.6. The van der Waals surface area contributed by atoms with Crippen molar-refractivity contribution in [3.8, 4) is 0 Å². The zero-order valence-electron chi connectivity index (χ0n) is 19.3. The molecule has 0 unspecified atom stereocenters. The van der Waals surface area contributed by atoms with Crippen molar-refractivity contribution in [2.75, 3.05) is 43.4 Å². The Kier molecular flexibility index (Phi) is 6.34. The highest BCUT2D eigenvalue weighted by Crippen LogP contribution is 2.24. The van der Waals surface area contributed by atoms with Gasteiger partial charge in [0.15, 0.2) is 0 Å². The van der Waals surface area contributed by atoms with Gasteiger partial charge in [0.2, 0.25) is 5.95 Å². The normalized spacial score (nSPS) is 14.5. The number of hydrogen-bond acceptors (Lipinski definition) is 6. The maximum Gasteiger partial charge on any atom is 0.252 e. The van der Waals surface area contributed by atoms with E-state index in [9.17, 15) is 4.79 Å². The second-order valence-corrected chi connectivity index (χ2v) is 9.58. The smallest absolute Gasteiger partial charge is 0.252 e. The van der Waals surface area contributed by atoms with E-state index < -0.39 is 0 Å². The van der Waals surface area contributed by atoms with E-state index in [2.05, 4.69) is 55.2 Å². The number of piperazine rings is 1. The SMILES string of the molecule is Cc1cccc(Br)c1Cn1c(=O)ccc2cnc(Nc3ccc(N4CCN(C)CC4)cc3)nc21. The van der Waals surface area contributed by atoms with E-state index in [1.54, 1.807) is 22.9 Å². The molecular weight excluding hydrogens is 492 g/mol. The van der Waals surface area contributed by atoms with Gasteiger partial charge in [-0.1, -0.05) is 28.1 Å². The monoisotopic (exact) mass is 518 g/mol. The minimum atomic E-state index is -0.0937. The van der Waals surface area contributed by atoms with E-state index >= 15 is 0 Å². The molecule has 1 N–H and O–H groups in total. The summed E-state index contributed by atoms with van der Waals surface area (Å²) in [7, 11) is 2.16. The highest BCUT2D eigenvalue weighted by atomic mass is 79.9. The third kappa shape index (κ3) is 4.69. The van der Waals surface area contributed by atoms with E-state index in [1.165, 1.54) is 5.69 Å². The molecule has 1 aliphatic rings. The molecule has 0 radical (unpaired) electrons. The van der Waals surface area contributed by atoms with Crippen LogP contribution in [0.3, 0.4) is 0 Å². The lowest BCUT2D eigenvalue weighted by Gasteiger charge is -2.34. The van der Waals surface area contributed by atoms with Crippen LogP contribution in [0.2, 0.25) is 0 Å². The summed E-state index contributed by atoms with van der Waals surface area (Å²) in [6.07, 6.45) is 1.76. The first-order chi connectivity index (χ1) is 16.5. The standard InChI is InChI=1S/C26H27BrN6O/c1-18-4-3-5-23(27)22(18)17-33-24(34)11-6-19-16-28-26(30-25(19)33)29-20-7-9-21(10-8-20)32-14-12-31(2)13-15-32/h3-11,16H,12-15,17H2,1-2H3,(H,28,29,30). The summed E-state index contributed by atoms with van der Waals surface area (Å²) in [6.45, 7) is 6.69. The number of likely N-dealkylation sites (N-methyl/N-ethyl adjacent to an activating group) is 1. The second kappa shape index (κ2) is 9.56. The number of fused-ring (bicyclic) bond motifs is 1. The molecule has 7 nitrogen and oxygen atoms in total. The lowest BCUT2D eigenvalue weighted by atomic mass is 10.1. The van der Waals surface area contributed by atoms with Crippen LogP contribution in [0.15, 0.2) is 70.1 Å². The molecule has 174 valence electrons. The van der Waals surface area contributed by atoms with Gasteiger partial charge in [-0.2, -0.15) is 4.98 Å². The molecule has 34 heavy (non-hydrogen) atoms. The topological polar surface area (TPSA) is 66.3 Å². The molecule has 0 amide bonds. The zero-order valence-corrected chi connectivity index (χ0v) is 20.9. The number of pyridine rings is 1. The first-order valence-corrected chi connectivity index (χ1v) is 12.2. The van der Waals surface area contributed by atoms with Crippen LogP contribution >= 0.6 is 15.9 Å². The predicted octanol–water partition coefficient (Wildman–Crippen LogP) is 4.41. The third-order valence-electron chi connectivity index (χ3n) is 6.38. The Balaban J connectivity index is 1.41. The molecule has 5 rings (SSSR count). The number of anilines is 3. The fraction of sp³-hybridized carbons (Fsp3) is 0.269. The van der Waals surface area contributed by atoms with Gasteiger partial charge in [-0.3, -0.25) is 9.36 Å². The van der Waals surface area contributed by atoms with Crippen LogP contribution in [0, 0.1) is 6.92 Å². The molecular formula is C26H27BrN6O. The summed E-state index contributed by atoms with van der Waals surface area (Å²) >= 11 is 3.62. The van der Waals surface area contributed by atoms with Crippen LogP contribution in [0.1, 0.15) is 11.1 Å². The lowest BCUT2D eigenvalue weighted by molar-refractivity contribution is 0.313. The van der Waals surface area contributed by atoms with Crippen molar-refractivity contribution in [2.24, 2.45) is 0 Å². The molecule has 4 aromatic rings. The minimum absolute atomic E-state index is 0.0937. The Morgan fingerprint density at radius 2 is 1.76 bits per heavy atom. The Hall–Kier alpha value is -3.23. The number of aryl methyl sites for hydroxylation is 1. The summed E-state index contributed by atoms with van der Waals surface area (Å²) < 4.78 is 2.68. The fourth-order valence-electron chi connectivity index (χ4n) is 4.26. The number of hydrogen-bond donors (Lipinski definition) is 1. The Labute approximate surface area is 207 Å². The van der Waals surface area contributed by atoms with Gasteiger partial charge < -0.3 is 15.1 Å². The summed E-state index contributed by atoms with van der Waals surface area (Å²) in [5.74, 6) is 0.461. The number of nitrogens with zero attached hydrogens (tertiary/aromatic N) is 5. The van der Waals surface area contributed by atoms with Gasteiger partial charge in [0, 0.05) is 59.7 Å². The van der Waals surface area contributed by atoms with Gasteiger partial charge in [-0.15, -0.1) is 0 Å². The van der Waals surface area contributed by atoms with E-state index in [0.717, 1.165) is 52.9 Å². The zero-order chi connectivity index (χ0) is 23.7. The number of nitrogens with one attached hydrogen (secondary N) is 1. The van der Waals surface area contributed by atoms with Crippen LogP contribution in [-0.2, 0) is 6.54 Å². The van der Waals surface area contributed by atoms with Gasteiger partial charge in [0.25, 0.3) is 5.56 Å². The Bertz CT molecular complexity index is 1360. The van der Waals surface area contributed by atoms with E-state index in [-0.39, 0.29) is 5.56 Å². The minimum Gasteiger partial charge on any atom is -0.369 e. The largest absolute Gasteiger partial charge is 0.369 e. The molecule has 0 spiro atoms. The molecule has 0 aliphatic carbocycles. The van der Waals surface area contributed by atoms with Crippen molar-refractivity contribution in [1.82, 2.24) is 19.4 Å². The van der Waals surface area contributed by atoms with E-state index in [1.807, 2.05) is 37.3 Å². The number of halogens is 1. The van der Waals surface area contributed by atoms with Crippen LogP contribution in [0.25, 0.3) is 11.0 Å². The molecule has 8 heteroatoms. The molecule has 0 saturated carbocycles. The highest BCUT2D eigenvalue weighted by Gasteiger charge is 2.14. The quantitative estimate of drug-likeness (QED) is 0.422. The molecule has 3 heterocycles. The van der Waals surface area contributed by atoms with Crippen molar-refractivity contribution in [1.29, 1.82) is 0 Å². The molecule has 1 saturated heterocycles. The number of rotatable bonds is 5. The predicted molar refractivity (Wildman–Crippen MR) is 141 cm³/mol. The van der Waals surface area contributed by atoms with Gasteiger partial charge in [-0.05, 0) is 61.5 Å². The molecule has 1 aliphatic heterocycles. The van der Waals surface area contributed by atoms with Crippen LogP contribution in [0.4, 0.5) is 17.3 Å². The lowest BCUT2D eigenvalue weighted by Crippen LogP contribution is -2.44. The van der Waals surface area contributed by atoms with Crippen LogP contribution < -0.4 is 15.8 Å². The third-order valence-corrected chi connectivity index (χ3v) is 7.13. The maximum absolute atomic E-state index is 12.8. The van der Waals surface area contributed by atoms with Crippen LogP contribution in [-0.4, -0.2) is 52.7 Å². The van der Waals surface area contributed by atoms with Crippen molar-refractivity contribution in [2.45, 2.75) is 13.5 Å². The molecule has 0 atom stereocenters. The van der Waals surface area contributed by atoms with Crippen molar-refractivity contribution >= 4 is 44.3 Å². The number of benzene rings is 2. The van der Waals surface area contributed by atoms with Gasteiger partial charge in [0.05, 0.1) is 6.54 Å². The van der Waals surface area contributed by atoms with Gasteiger partial charge in [0.1, 0.15) is 5.65 Å². The molecule has 2 aromatic heterocycles. The van der Waals surface area contributed by atoms with Gasteiger partial charge >= 0.3 is 0 Å². The van der Waals surface area contributed by atoms with Crippen molar-refractivity contribution < 1.29 is 0 Å². The van der Waals surface area contributed by atoms with Gasteiger partial charge in [-0.25, -0.2) is 4.98 Å². The highest BCUT2D eigenvalue weighted by molar-refractivity contribution is 9.10. The Morgan fingerprint density at radius 3 is 2.50 bits per heavy atom. The molecule has 0 bridgehead atoms. The van der Waals surface area contributed by atoms with E-state index in [0.29, 0.717) is 18.1 Å². The first-order valence-electron chi connectivity index (χ1n) is 11.4. The summed E-state index contributed by atoms with van der Waals surface area (Å²) in [4.78, 5) is 26.7. The van der Waals surface area contributed by atoms with Crippen molar-refractivity contribution in [3.63, 3.8) is 0 Å². The maximum atomic E-state index is 12.8. The van der Waals surface area contributed by atoms with E-state index in [4.69, 9.17) is 4.98 Å². The molecule has 2 aromatic carbocycles. The number of aromatic nitrogens is 3. The van der Waals surface area contributed by atoms with Crippen molar-refractivity contribution in [3.05, 3.63) is 86.7 Å². The fourth-order valence-corrected chi connectivity index (χ4v) is 4.85.